The second kappa shape index (κ2) is 7.43. The zero-order valence-electron chi connectivity index (χ0n) is 17.0. The summed E-state index contributed by atoms with van der Waals surface area (Å²) in [6, 6.07) is 7.34. The molecule has 8 nitrogen and oxygen atoms in total. The Balaban J connectivity index is 1.52. The van der Waals surface area contributed by atoms with Gasteiger partial charge in [0.2, 0.25) is 5.88 Å². The van der Waals surface area contributed by atoms with Gasteiger partial charge >= 0.3 is 12.2 Å². The van der Waals surface area contributed by atoms with Crippen molar-refractivity contribution in [1.29, 1.82) is 0 Å². The van der Waals surface area contributed by atoms with Crippen molar-refractivity contribution in [3.05, 3.63) is 59.7 Å². The maximum Gasteiger partial charge on any atom is 0.416 e. The zero-order valence-corrected chi connectivity index (χ0v) is 17.0. The van der Waals surface area contributed by atoms with Gasteiger partial charge in [0.25, 0.3) is 5.78 Å². The highest BCUT2D eigenvalue weighted by atomic mass is 19.4. The number of aromatic nitrogens is 6. The van der Waals surface area contributed by atoms with E-state index in [0.717, 1.165) is 29.8 Å². The number of nitrogens with zero attached hydrogens (tertiary/aromatic N) is 6. The Labute approximate surface area is 180 Å². The van der Waals surface area contributed by atoms with Crippen LogP contribution in [0.5, 0.6) is 11.9 Å². The second-order valence-corrected chi connectivity index (χ2v) is 7.39. The SMILES string of the molecule is COc1ncc(-c2cc([C@H]3C[C@@H]3c3ccc(C(F)(F)F)cc3)n3ncnc3n2)c(OC)n1. The van der Waals surface area contributed by atoms with Gasteiger partial charge in [0.05, 0.1) is 36.7 Å². The quantitative estimate of drug-likeness (QED) is 0.463. The highest BCUT2D eigenvalue weighted by Gasteiger charge is 2.42. The third kappa shape index (κ3) is 3.49. The standard InChI is InChI=1S/C21H17F3N6O2/c1-31-18-15(9-25-20(29-18)32-2)16-8-17(30-19(28-16)26-10-27-30)14-7-13(14)11-3-5-12(6-4-11)21(22,23)24/h3-6,8-10,13-14H,7H2,1-2H3/t13-,14+/m1/s1. The molecule has 32 heavy (non-hydrogen) atoms. The average Bonchev–Trinajstić information content (AvgIpc) is 3.45. The van der Waals surface area contributed by atoms with Crippen molar-refractivity contribution in [3.8, 4) is 23.1 Å². The van der Waals surface area contributed by atoms with Gasteiger partial charge < -0.3 is 9.47 Å². The number of hydrogen-bond donors (Lipinski definition) is 0. The van der Waals surface area contributed by atoms with Crippen molar-refractivity contribution in [2.75, 3.05) is 14.2 Å². The third-order valence-corrected chi connectivity index (χ3v) is 5.50. The normalized spacial score (nSPS) is 18.0. The summed E-state index contributed by atoms with van der Waals surface area (Å²) >= 11 is 0. The Morgan fingerprint density at radius 2 is 1.78 bits per heavy atom. The number of alkyl halides is 3. The maximum absolute atomic E-state index is 12.9. The predicted molar refractivity (Wildman–Crippen MR) is 106 cm³/mol. The molecule has 3 aromatic heterocycles. The monoisotopic (exact) mass is 442 g/mol. The minimum Gasteiger partial charge on any atom is -0.480 e. The Morgan fingerprint density at radius 1 is 1.00 bits per heavy atom. The molecule has 1 saturated carbocycles. The first-order chi connectivity index (χ1) is 15.4. The van der Waals surface area contributed by atoms with Gasteiger partial charge in [0.1, 0.15) is 6.33 Å². The molecule has 164 valence electrons. The Kier molecular flexibility index (Phi) is 4.68. The van der Waals surface area contributed by atoms with E-state index in [1.165, 1.54) is 32.7 Å². The third-order valence-electron chi connectivity index (χ3n) is 5.50. The first-order valence-corrected chi connectivity index (χ1v) is 9.72. The van der Waals surface area contributed by atoms with Crippen molar-refractivity contribution < 1.29 is 22.6 Å². The van der Waals surface area contributed by atoms with Crippen LogP contribution in [-0.2, 0) is 6.18 Å². The minimum atomic E-state index is -4.35. The summed E-state index contributed by atoms with van der Waals surface area (Å²) < 4.78 is 50.7. The number of ether oxygens (including phenoxy) is 2. The van der Waals surface area contributed by atoms with Crippen molar-refractivity contribution >= 4 is 5.78 Å². The van der Waals surface area contributed by atoms with E-state index >= 15 is 0 Å². The van der Waals surface area contributed by atoms with E-state index in [-0.39, 0.29) is 17.8 Å². The van der Waals surface area contributed by atoms with Gasteiger partial charge in [-0.05, 0) is 36.1 Å². The molecule has 11 heteroatoms. The molecule has 1 aliphatic carbocycles. The van der Waals surface area contributed by atoms with Crippen LogP contribution in [0.3, 0.4) is 0 Å². The largest absolute Gasteiger partial charge is 0.480 e. The predicted octanol–water partition coefficient (Wildman–Crippen LogP) is 3.89. The Hall–Kier alpha value is -3.76. The molecular formula is C21H17F3N6O2. The van der Waals surface area contributed by atoms with Crippen molar-refractivity contribution in [2.24, 2.45) is 0 Å². The van der Waals surface area contributed by atoms with E-state index in [0.29, 0.717) is 22.9 Å². The van der Waals surface area contributed by atoms with Gasteiger partial charge in [-0.2, -0.15) is 28.2 Å². The number of rotatable bonds is 5. The van der Waals surface area contributed by atoms with Crippen molar-refractivity contribution in [3.63, 3.8) is 0 Å². The summed E-state index contributed by atoms with van der Waals surface area (Å²) in [4.78, 5) is 17.1. The maximum atomic E-state index is 12.9. The van der Waals surface area contributed by atoms with Crippen LogP contribution in [0.1, 0.15) is 35.1 Å². The molecule has 0 N–H and O–H groups in total. The lowest BCUT2D eigenvalue weighted by Gasteiger charge is -2.11. The number of methoxy groups -OCH3 is 2. The zero-order chi connectivity index (χ0) is 22.5. The van der Waals surface area contributed by atoms with Crippen LogP contribution in [-0.4, -0.2) is 43.8 Å². The van der Waals surface area contributed by atoms with E-state index in [4.69, 9.17) is 9.47 Å². The molecule has 1 aliphatic rings. The van der Waals surface area contributed by atoms with Crippen LogP contribution in [0, 0.1) is 0 Å². The van der Waals surface area contributed by atoms with E-state index in [1.54, 1.807) is 10.7 Å². The molecule has 0 spiro atoms. The highest BCUT2D eigenvalue weighted by Crippen LogP contribution is 2.55. The first-order valence-electron chi connectivity index (χ1n) is 9.72. The second-order valence-electron chi connectivity index (χ2n) is 7.39. The minimum absolute atomic E-state index is 0.0582. The van der Waals surface area contributed by atoms with Crippen LogP contribution in [0.15, 0.2) is 42.9 Å². The van der Waals surface area contributed by atoms with Crippen LogP contribution < -0.4 is 9.47 Å². The molecule has 0 bridgehead atoms. The summed E-state index contributed by atoms with van der Waals surface area (Å²) in [5.41, 5.74) is 2.16. The molecule has 0 aliphatic heterocycles. The van der Waals surface area contributed by atoms with E-state index < -0.39 is 11.7 Å². The number of halogens is 3. The van der Waals surface area contributed by atoms with Gasteiger partial charge in [-0.1, -0.05) is 12.1 Å². The Morgan fingerprint density at radius 3 is 2.47 bits per heavy atom. The molecular weight excluding hydrogens is 425 g/mol. The fourth-order valence-corrected chi connectivity index (χ4v) is 3.83. The first kappa shape index (κ1) is 20.2. The van der Waals surface area contributed by atoms with E-state index in [2.05, 4.69) is 25.0 Å². The lowest BCUT2D eigenvalue weighted by molar-refractivity contribution is -0.137. The fraction of sp³-hybridized carbons (Fsp3) is 0.286. The van der Waals surface area contributed by atoms with Gasteiger partial charge in [-0.25, -0.2) is 14.5 Å². The summed E-state index contributed by atoms with van der Waals surface area (Å²) in [6.07, 6.45) is -0.606. The number of benzene rings is 1. The lowest BCUT2D eigenvalue weighted by atomic mass is 10.0. The van der Waals surface area contributed by atoms with Gasteiger partial charge in [-0.15, -0.1) is 0 Å². The number of fused-ring (bicyclic) bond motifs is 1. The molecule has 0 unspecified atom stereocenters. The molecule has 0 amide bonds. The van der Waals surface area contributed by atoms with E-state index in [1.807, 2.05) is 6.07 Å². The molecule has 0 radical (unpaired) electrons. The average molecular weight is 442 g/mol. The van der Waals surface area contributed by atoms with Crippen molar-refractivity contribution in [1.82, 2.24) is 29.5 Å². The molecule has 4 aromatic rings. The van der Waals surface area contributed by atoms with Crippen LogP contribution >= 0.6 is 0 Å². The molecule has 1 aromatic carbocycles. The summed E-state index contributed by atoms with van der Waals surface area (Å²) in [5, 5.41) is 4.27. The lowest BCUT2D eigenvalue weighted by Crippen LogP contribution is -2.05. The number of hydrogen-bond acceptors (Lipinski definition) is 7. The van der Waals surface area contributed by atoms with Gasteiger partial charge in [-0.3, -0.25) is 0 Å². The van der Waals surface area contributed by atoms with Gasteiger partial charge in [0.15, 0.2) is 0 Å². The summed E-state index contributed by atoms with van der Waals surface area (Å²) in [6.45, 7) is 0. The highest BCUT2D eigenvalue weighted by molar-refractivity contribution is 5.66. The smallest absolute Gasteiger partial charge is 0.416 e. The summed E-state index contributed by atoms with van der Waals surface area (Å²) in [5.74, 6) is 0.833. The van der Waals surface area contributed by atoms with Gasteiger partial charge in [0, 0.05) is 12.1 Å². The van der Waals surface area contributed by atoms with Crippen LogP contribution in [0.4, 0.5) is 13.2 Å². The summed E-state index contributed by atoms with van der Waals surface area (Å²) in [7, 11) is 2.95. The van der Waals surface area contributed by atoms with E-state index in [9.17, 15) is 13.2 Å². The molecule has 3 heterocycles. The van der Waals surface area contributed by atoms with Crippen LogP contribution in [0.2, 0.25) is 0 Å². The topological polar surface area (TPSA) is 87.3 Å². The fourth-order valence-electron chi connectivity index (χ4n) is 3.83. The molecule has 5 rings (SSSR count). The van der Waals surface area contributed by atoms with Crippen molar-refractivity contribution in [2.45, 2.75) is 24.4 Å². The molecule has 0 saturated heterocycles. The molecule has 2 atom stereocenters. The molecule has 1 fully saturated rings. The van der Waals surface area contributed by atoms with Crippen LogP contribution in [0.25, 0.3) is 17.0 Å². The Bertz CT molecular complexity index is 1290.